The zero-order chi connectivity index (χ0) is 16.9. The Kier molecular flexibility index (Phi) is 4.37. The Morgan fingerprint density at radius 3 is 2.14 bits per heavy atom. The average molecular weight is 325 g/mol. The number of halogens is 1. The number of rotatable bonds is 3. The van der Waals surface area contributed by atoms with Crippen LogP contribution in [-0.2, 0) is 9.31 Å². The van der Waals surface area contributed by atoms with Crippen LogP contribution in [0.1, 0.15) is 50.5 Å². The first-order chi connectivity index (χ1) is 10.0. The molecular formula is C16H22BClO4. The number of methoxy groups -OCH3 is 1. The van der Waals surface area contributed by atoms with E-state index in [4.69, 9.17) is 25.6 Å². The average Bonchev–Trinajstić information content (AvgIpc) is 2.60. The summed E-state index contributed by atoms with van der Waals surface area (Å²) in [5.74, 6) is 0.351. The second-order valence-electron chi connectivity index (χ2n) is 6.62. The van der Waals surface area contributed by atoms with Crippen LogP contribution in [0.3, 0.4) is 0 Å². The SMILES string of the molecule is COc1c(C(C)=O)cc(Cl)c(C)c1B1OC(C)(C)C(C)(C)O1. The van der Waals surface area contributed by atoms with Crippen LogP contribution < -0.4 is 10.2 Å². The molecule has 0 radical (unpaired) electrons. The predicted octanol–water partition coefficient (Wildman–Crippen LogP) is 3.16. The van der Waals surface area contributed by atoms with Gasteiger partial charge in [-0.25, -0.2) is 0 Å². The quantitative estimate of drug-likeness (QED) is 0.633. The number of benzene rings is 1. The molecule has 0 aliphatic carbocycles. The maximum absolute atomic E-state index is 11.9. The van der Waals surface area contributed by atoms with Gasteiger partial charge in [0.05, 0.1) is 23.9 Å². The normalized spacial score (nSPS) is 19.4. The van der Waals surface area contributed by atoms with Crippen molar-refractivity contribution < 1.29 is 18.8 Å². The minimum Gasteiger partial charge on any atom is -0.496 e. The highest BCUT2D eigenvalue weighted by Gasteiger charge is 2.53. The van der Waals surface area contributed by atoms with E-state index in [0.29, 0.717) is 21.8 Å². The molecule has 4 nitrogen and oxygen atoms in total. The Morgan fingerprint density at radius 1 is 1.23 bits per heavy atom. The molecular weight excluding hydrogens is 302 g/mol. The molecule has 0 aromatic heterocycles. The number of ether oxygens (including phenoxy) is 1. The maximum atomic E-state index is 11.9. The molecule has 0 bridgehead atoms. The third-order valence-corrected chi connectivity index (χ3v) is 4.99. The van der Waals surface area contributed by atoms with E-state index in [0.717, 1.165) is 5.56 Å². The Labute approximate surface area is 137 Å². The Balaban J connectivity index is 2.63. The molecule has 22 heavy (non-hydrogen) atoms. The molecule has 1 fully saturated rings. The molecule has 6 heteroatoms. The van der Waals surface area contributed by atoms with Crippen molar-refractivity contribution in [3.8, 4) is 5.75 Å². The van der Waals surface area contributed by atoms with Crippen LogP contribution in [0.5, 0.6) is 5.75 Å². The molecule has 1 saturated heterocycles. The van der Waals surface area contributed by atoms with Crippen molar-refractivity contribution in [3.63, 3.8) is 0 Å². The monoisotopic (exact) mass is 324 g/mol. The Hall–Kier alpha value is -1.04. The van der Waals surface area contributed by atoms with Gasteiger partial charge in [0.1, 0.15) is 5.75 Å². The second kappa shape index (κ2) is 5.55. The molecule has 0 saturated carbocycles. The summed E-state index contributed by atoms with van der Waals surface area (Å²) in [6.45, 7) is 11.3. The van der Waals surface area contributed by atoms with E-state index in [9.17, 15) is 4.79 Å². The van der Waals surface area contributed by atoms with E-state index in [-0.39, 0.29) is 5.78 Å². The molecule has 0 N–H and O–H groups in total. The molecule has 0 amide bonds. The summed E-state index contributed by atoms with van der Waals surface area (Å²) < 4.78 is 17.7. The maximum Gasteiger partial charge on any atom is 0.499 e. The van der Waals surface area contributed by atoms with Crippen LogP contribution in [0.4, 0.5) is 0 Å². The van der Waals surface area contributed by atoms with E-state index in [1.807, 2.05) is 34.6 Å². The molecule has 0 spiro atoms. The summed E-state index contributed by atoms with van der Waals surface area (Å²) in [6, 6.07) is 1.63. The van der Waals surface area contributed by atoms with E-state index in [1.165, 1.54) is 14.0 Å². The van der Waals surface area contributed by atoms with Crippen molar-refractivity contribution in [3.05, 3.63) is 22.2 Å². The molecule has 120 valence electrons. The van der Waals surface area contributed by atoms with E-state index in [2.05, 4.69) is 0 Å². The van der Waals surface area contributed by atoms with Gasteiger partial charge in [-0.1, -0.05) is 11.6 Å². The predicted molar refractivity (Wildman–Crippen MR) is 88.5 cm³/mol. The van der Waals surface area contributed by atoms with Crippen molar-refractivity contribution in [2.45, 2.75) is 52.7 Å². The summed E-state index contributed by atoms with van der Waals surface area (Å²) in [7, 11) is 0.904. The smallest absolute Gasteiger partial charge is 0.496 e. The van der Waals surface area contributed by atoms with Crippen molar-refractivity contribution in [1.29, 1.82) is 0 Å². The highest BCUT2D eigenvalue weighted by Crippen LogP contribution is 2.38. The lowest BCUT2D eigenvalue weighted by Gasteiger charge is -2.32. The van der Waals surface area contributed by atoms with Crippen molar-refractivity contribution in [1.82, 2.24) is 0 Å². The van der Waals surface area contributed by atoms with E-state index < -0.39 is 18.3 Å². The van der Waals surface area contributed by atoms with Crippen LogP contribution in [-0.4, -0.2) is 31.2 Å². The molecule has 1 aromatic rings. The van der Waals surface area contributed by atoms with Crippen LogP contribution >= 0.6 is 11.6 Å². The highest BCUT2D eigenvalue weighted by molar-refractivity contribution is 6.64. The molecule has 1 aliphatic rings. The number of hydrogen-bond acceptors (Lipinski definition) is 4. The van der Waals surface area contributed by atoms with Gasteiger partial charge in [-0.05, 0) is 53.2 Å². The van der Waals surface area contributed by atoms with E-state index in [1.54, 1.807) is 6.07 Å². The molecule has 0 atom stereocenters. The minimum atomic E-state index is -0.628. The third kappa shape index (κ3) is 2.66. The lowest BCUT2D eigenvalue weighted by molar-refractivity contribution is 0.00578. The molecule has 1 aliphatic heterocycles. The van der Waals surface area contributed by atoms with Crippen molar-refractivity contribution in [2.24, 2.45) is 0 Å². The fourth-order valence-corrected chi connectivity index (χ4v) is 2.68. The number of Topliss-reactive ketones (excluding diaryl/α,β-unsaturated/α-hetero) is 1. The summed E-state index contributed by atoms with van der Waals surface area (Å²) >= 11 is 6.29. The minimum absolute atomic E-state index is 0.114. The number of ketones is 1. The van der Waals surface area contributed by atoms with Gasteiger partial charge >= 0.3 is 7.12 Å². The number of carbonyl (C=O) groups is 1. The first kappa shape index (κ1) is 17.3. The lowest BCUT2D eigenvalue weighted by Crippen LogP contribution is -2.41. The van der Waals surface area contributed by atoms with Crippen LogP contribution in [0.25, 0.3) is 0 Å². The third-order valence-electron chi connectivity index (χ3n) is 4.59. The fraction of sp³-hybridized carbons (Fsp3) is 0.562. The zero-order valence-electron chi connectivity index (χ0n) is 14.2. The van der Waals surface area contributed by atoms with Crippen LogP contribution in [0, 0.1) is 6.92 Å². The van der Waals surface area contributed by atoms with Gasteiger partial charge in [0.15, 0.2) is 5.78 Å². The first-order valence-electron chi connectivity index (χ1n) is 7.25. The van der Waals surface area contributed by atoms with Gasteiger partial charge < -0.3 is 14.0 Å². The van der Waals surface area contributed by atoms with Gasteiger partial charge in [-0.15, -0.1) is 0 Å². The van der Waals surface area contributed by atoms with Crippen molar-refractivity contribution in [2.75, 3.05) is 7.11 Å². The topological polar surface area (TPSA) is 44.8 Å². The highest BCUT2D eigenvalue weighted by atomic mass is 35.5. The van der Waals surface area contributed by atoms with Gasteiger partial charge in [0, 0.05) is 10.5 Å². The summed E-state index contributed by atoms with van der Waals surface area (Å²) in [4.78, 5) is 11.9. The summed E-state index contributed by atoms with van der Waals surface area (Å²) in [6.07, 6.45) is 0. The molecule has 1 aromatic carbocycles. The molecule has 1 heterocycles. The van der Waals surface area contributed by atoms with Gasteiger partial charge in [-0.3, -0.25) is 4.79 Å². The van der Waals surface area contributed by atoms with E-state index >= 15 is 0 Å². The molecule has 2 rings (SSSR count). The van der Waals surface area contributed by atoms with Gasteiger partial charge in [0.2, 0.25) is 0 Å². The number of hydrogen-bond donors (Lipinski definition) is 0. The molecule has 0 unspecified atom stereocenters. The van der Waals surface area contributed by atoms with Crippen LogP contribution in [0.2, 0.25) is 5.02 Å². The van der Waals surface area contributed by atoms with Crippen LogP contribution in [0.15, 0.2) is 6.07 Å². The summed E-state index contributed by atoms with van der Waals surface area (Å²) in [5, 5.41) is 0.496. The van der Waals surface area contributed by atoms with Gasteiger partial charge in [0.25, 0.3) is 0 Å². The Bertz CT molecular complexity index is 609. The second-order valence-corrected chi connectivity index (χ2v) is 7.03. The largest absolute Gasteiger partial charge is 0.499 e. The number of carbonyl (C=O) groups excluding carboxylic acids is 1. The lowest BCUT2D eigenvalue weighted by atomic mass is 9.74. The fourth-order valence-electron chi connectivity index (χ4n) is 2.47. The first-order valence-corrected chi connectivity index (χ1v) is 7.63. The Morgan fingerprint density at radius 2 is 1.73 bits per heavy atom. The van der Waals surface area contributed by atoms with Gasteiger partial charge in [-0.2, -0.15) is 0 Å². The zero-order valence-corrected chi connectivity index (χ0v) is 14.9. The van der Waals surface area contributed by atoms with Crippen molar-refractivity contribution >= 4 is 30.0 Å². The summed E-state index contributed by atoms with van der Waals surface area (Å²) in [5.41, 5.74) is 0.949. The standard InChI is InChI=1S/C16H22BClO4/c1-9-12(18)8-11(10(2)19)14(20-7)13(9)17-21-15(3,4)16(5,6)22-17/h8H,1-7H3.